The van der Waals surface area contributed by atoms with E-state index in [0.29, 0.717) is 23.9 Å². The van der Waals surface area contributed by atoms with Gasteiger partial charge in [0.05, 0.1) is 0 Å². The third kappa shape index (κ3) is 3.03. The molecule has 3 aromatic rings. The van der Waals surface area contributed by atoms with Crippen LogP contribution in [0.25, 0.3) is 22.3 Å². The zero-order valence-corrected chi connectivity index (χ0v) is 15.9. The molecule has 0 aliphatic heterocycles. The molecule has 2 aliphatic rings. The number of hydrogen-bond donors (Lipinski definition) is 2. The first kappa shape index (κ1) is 16.5. The molecule has 0 saturated heterocycles. The zero-order valence-electron chi connectivity index (χ0n) is 15.9. The highest BCUT2D eigenvalue weighted by molar-refractivity contribution is 5.93. The molecule has 2 aromatic heterocycles. The molecule has 2 fully saturated rings. The van der Waals surface area contributed by atoms with Gasteiger partial charge < -0.3 is 15.6 Å². The van der Waals surface area contributed by atoms with Crippen LogP contribution in [-0.4, -0.2) is 32.0 Å². The van der Waals surface area contributed by atoms with Crippen molar-refractivity contribution in [1.29, 1.82) is 0 Å². The van der Waals surface area contributed by atoms with Crippen molar-refractivity contribution in [3.05, 3.63) is 30.5 Å². The van der Waals surface area contributed by atoms with Crippen LogP contribution in [0.3, 0.4) is 0 Å². The number of H-pyrrole nitrogens is 1. The molecule has 2 atom stereocenters. The summed E-state index contributed by atoms with van der Waals surface area (Å²) in [5.41, 5.74) is 8.20. The highest BCUT2D eigenvalue weighted by atomic mass is 15.3. The second kappa shape index (κ2) is 6.22. The van der Waals surface area contributed by atoms with Gasteiger partial charge in [-0.15, -0.1) is 0 Å². The van der Waals surface area contributed by atoms with Crippen molar-refractivity contribution < 1.29 is 0 Å². The Morgan fingerprint density at radius 3 is 2.37 bits per heavy atom. The molecule has 2 heterocycles. The molecule has 2 saturated carbocycles. The Hall–Kier alpha value is -2.63. The van der Waals surface area contributed by atoms with E-state index in [0.717, 1.165) is 34.3 Å². The first-order valence-corrected chi connectivity index (χ1v) is 9.98. The highest BCUT2D eigenvalue weighted by Crippen LogP contribution is 2.42. The van der Waals surface area contributed by atoms with Crippen LogP contribution in [0, 0.1) is 11.8 Å². The number of nitrogens with one attached hydrogen (secondary N) is 1. The first-order chi connectivity index (χ1) is 13.1. The molecule has 2 unspecified atom stereocenters. The molecule has 1 aromatic carbocycles. The fraction of sp³-hybridized carbons (Fsp3) is 0.476. The molecule has 0 spiro atoms. The van der Waals surface area contributed by atoms with Crippen molar-refractivity contribution in [3.63, 3.8) is 0 Å². The summed E-state index contributed by atoms with van der Waals surface area (Å²) in [4.78, 5) is 19.6. The fourth-order valence-corrected chi connectivity index (χ4v) is 4.24. The van der Waals surface area contributed by atoms with Crippen LogP contribution in [0.4, 0.5) is 11.9 Å². The average molecular weight is 362 g/mol. The maximum atomic E-state index is 6.14. The minimum atomic E-state index is 0.290. The monoisotopic (exact) mass is 362 g/mol. The minimum Gasteiger partial charge on any atom is -0.368 e. The molecule has 6 heteroatoms. The molecule has 2 aliphatic carbocycles. The summed E-state index contributed by atoms with van der Waals surface area (Å²) in [5.74, 6) is 3.14. The van der Waals surface area contributed by atoms with E-state index in [4.69, 9.17) is 10.7 Å². The normalized spacial score (nSPS) is 19.2. The summed E-state index contributed by atoms with van der Waals surface area (Å²) in [6, 6.07) is 9.04. The molecular weight excluding hydrogens is 336 g/mol. The Morgan fingerprint density at radius 2 is 1.70 bits per heavy atom. The fourth-order valence-electron chi connectivity index (χ4n) is 4.24. The second-order valence-corrected chi connectivity index (χ2v) is 8.13. The summed E-state index contributed by atoms with van der Waals surface area (Å²) >= 11 is 0. The molecule has 0 amide bonds. The number of fused-ring (bicyclic) bond motifs is 1. The topological polar surface area (TPSA) is 83.7 Å². The smallest absolute Gasteiger partial charge is 0.231 e. The van der Waals surface area contributed by atoms with Gasteiger partial charge in [-0.05, 0) is 63.5 Å². The van der Waals surface area contributed by atoms with Crippen LogP contribution < -0.4 is 10.6 Å². The van der Waals surface area contributed by atoms with E-state index in [1.54, 1.807) is 0 Å². The van der Waals surface area contributed by atoms with Crippen LogP contribution in [0.2, 0.25) is 0 Å². The summed E-state index contributed by atoms with van der Waals surface area (Å²) in [7, 11) is 0. The van der Waals surface area contributed by atoms with E-state index in [-0.39, 0.29) is 0 Å². The van der Waals surface area contributed by atoms with Crippen molar-refractivity contribution in [3.8, 4) is 11.4 Å². The number of aromatic amines is 1. The van der Waals surface area contributed by atoms with E-state index in [9.17, 15) is 0 Å². The van der Waals surface area contributed by atoms with Gasteiger partial charge in [0.2, 0.25) is 11.9 Å². The maximum Gasteiger partial charge on any atom is 0.231 e. The first-order valence-electron chi connectivity index (χ1n) is 9.98. The third-order valence-corrected chi connectivity index (χ3v) is 6.19. The van der Waals surface area contributed by atoms with Gasteiger partial charge in [0.25, 0.3) is 0 Å². The van der Waals surface area contributed by atoms with Crippen LogP contribution >= 0.6 is 0 Å². The van der Waals surface area contributed by atoms with E-state index in [1.807, 2.05) is 18.3 Å². The lowest BCUT2D eigenvalue weighted by atomic mass is 10.1. The molecule has 3 N–H and O–H groups in total. The summed E-state index contributed by atoms with van der Waals surface area (Å²) in [5, 5.41) is 1.10. The van der Waals surface area contributed by atoms with Crippen molar-refractivity contribution >= 4 is 22.8 Å². The van der Waals surface area contributed by atoms with Crippen molar-refractivity contribution in [1.82, 2.24) is 19.9 Å². The zero-order chi connectivity index (χ0) is 18.5. The molecular formula is C21H26N6. The van der Waals surface area contributed by atoms with E-state index in [2.05, 4.69) is 45.8 Å². The number of rotatable bonds is 6. The lowest BCUT2D eigenvalue weighted by Gasteiger charge is -2.35. The molecule has 0 radical (unpaired) electrons. The number of aromatic nitrogens is 4. The molecule has 5 rings (SSSR count). The van der Waals surface area contributed by atoms with Crippen LogP contribution in [0.1, 0.15) is 39.5 Å². The molecule has 6 nitrogen and oxygen atoms in total. The highest BCUT2D eigenvalue weighted by Gasteiger charge is 2.40. The van der Waals surface area contributed by atoms with Gasteiger partial charge in [0.15, 0.2) is 5.82 Å². The van der Waals surface area contributed by atoms with Gasteiger partial charge in [-0.1, -0.05) is 12.1 Å². The predicted molar refractivity (Wildman–Crippen MR) is 108 cm³/mol. The lowest BCUT2D eigenvalue weighted by molar-refractivity contribution is 0.467. The van der Waals surface area contributed by atoms with Gasteiger partial charge in [0.1, 0.15) is 0 Å². The number of nitrogens with zero attached hydrogens (tertiary/aromatic N) is 4. The molecule has 27 heavy (non-hydrogen) atoms. The Kier molecular flexibility index (Phi) is 3.81. The van der Waals surface area contributed by atoms with Gasteiger partial charge in [0, 0.05) is 34.7 Å². The van der Waals surface area contributed by atoms with Gasteiger partial charge in [-0.2, -0.15) is 15.0 Å². The Bertz CT molecular complexity index is 954. The van der Waals surface area contributed by atoms with E-state index in [1.165, 1.54) is 25.7 Å². The maximum absolute atomic E-state index is 6.14. The predicted octanol–water partition coefficient (Wildman–Crippen LogP) is 4.01. The van der Waals surface area contributed by atoms with Crippen molar-refractivity contribution in [2.24, 2.45) is 11.8 Å². The van der Waals surface area contributed by atoms with Crippen LogP contribution in [-0.2, 0) is 0 Å². The average Bonchev–Trinajstić information content (AvgIpc) is 3.57. The van der Waals surface area contributed by atoms with Crippen molar-refractivity contribution in [2.75, 3.05) is 10.6 Å². The van der Waals surface area contributed by atoms with Gasteiger partial charge in [-0.25, -0.2) is 0 Å². The largest absolute Gasteiger partial charge is 0.368 e. The molecule has 140 valence electrons. The van der Waals surface area contributed by atoms with Gasteiger partial charge >= 0.3 is 0 Å². The Morgan fingerprint density at radius 1 is 1.00 bits per heavy atom. The van der Waals surface area contributed by atoms with Crippen molar-refractivity contribution in [2.45, 2.75) is 51.6 Å². The third-order valence-electron chi connectivity index (χ3n) is 6.19. The lowest BCUT2D eigenvalue weighted by Crippen LogP contribution is -2.44. The van der Waals surface area contributed by atoms with E-state index >= 15 is 0 Å². The molecule has 0 bridgehead atoms. The minimum absolute atomic E-state index is 0.290. The second-order valence-electron chi connectivity index (χ2n) is 8.13. The number of anilines is 2. The SMILES string of the molecule is CC(C1CC1)N(c1nc(N)nc(-c2cccc3[nH]ccc23)n1)C(C)C1CC1. The summed E-state index contributed by atoms with van der Waals surface area (Å²) < 4.78 is 0. The number of benzene rings is 1. The Balaban J connectivity index is 1.60. The quantitative estimate of drug-likeness (QED) is 0.692. The van der Waals surface area contributed by atoms with Gasteiger partial charge in [-0.3, -0.25) is 0 Å². The summed E-state index contributed by atoms with van der Waals surface area (Å²) in [6.07, 6.45) is 7.13. The number of nitrogens with two attached hydrogens (primary N) is 1. The number of hydrogen-bond acceptors (Lipinski definition) is 5. The standard InChI is InChI=1S/C21H26N6/c1-12(14-6-7-14)27(13(2)15-8-9-15)21-25-19(24-20(22)26-21)17-4-3-5-18-16(17)10-11-23-18/h3-5,10-15,23H,6-9H2,1-2H3,(H2,22,24,25,26). The number of nitrogen functional groups attached to an aromatic ring is 1. The van der Waals surface area contributed by atoms with Crippen LogP contribution in [0.5, 0.6) is 0 Å². The summed E-state index contributed by atoms with van der Waals surface area (Å²) in [6.45, 7) is 4.62. The Labute approximate surface area is 159 Å². The van der Waals surface area contributed by atoms with E-state index < -0.39 is 0 Å². The van der Waals surface area contributed by atoms with Crippen LogP contribution in [0.15, 0.2) is 30.5 Å².